The second-order valence-corrected chi connectivity index (χ2v) is 12.3. The molecule has 0 bridgehead atoms. The summed E-state index contributed by atoms with van der Waals surface area (Å²) in [7, 11) is 1.23. The Kier molecular flexibility index (Phi) is 17.5. The summed E-state index contributed by atoms with van der Waals surface area (Å²) in [6.07, 6.45) is 1.72. The van der Waals surface area contributed by atoms with Gasteiger partial charge in [0.05, 0.1) is 46.0 Å². The molecule has 2 aromatic rings. The first-order chi connectivity index (χ1) is 22.3. The third-order valence-electron chi connectivity index (χ3n) is 6.35. The van der Waals surface area contributed by atoms with Crippen LogP contribution in [-0.4, -0.2) is 87.1 Å². The first kappa shape index (κ1) is 39.7. The molecule has 0 saturated carbocycles. The molecule has 13 nitrogen and oxygen atoms in total. The lowest BCUT2D eigenvalue weighted by molar-refractivity contribution is -0.141. The monoisotopic (exact) mass is 697 g/mol. The number of nitrogens with two attached hydrogens (primary N) is 1. The highest BCUT2D eigenvalue weighted by Crippen LogP contribution is 2.26. The number of ether oxygens (including phenoxy) is 4. The van der Waals surface area contributed by atoms with E-state index in [1.807, 2.05) is 0 Å². The van der Waals surface area contributed by atoms with Gasteiger partial charge < -0.3 is 35.3 Å². The van der Waals surface area contributed by atoms with Gasteiger partial charge in [0.15, 0.2) is 0 Å². The lowest BCUT2D eigenvalue weighted by atomic mass is 10.0. The fraction of sp³-hybridized carbons (Fsp3) is 0.531. The van der Waals surface area contributed by atoms with Crippen LogP contribution < -0.4 is 21.3 Å². The Labute approximate surface area is 285 Å². The summed E-state index contributed by atoms with van der Waals surface area (Å²) >= 11 is 12.3. The van der Waals surface area contributed by atoms with Crippen molar-refractivity contribution in [1.29, 1.82) is 0 Å². The van der Waals surface area contributed by atoms with Crippen LogP contribution in [0.1, 0.15) is 58.1 Å². The van der Waals surface area contributed by atoms with E-state index in [1.54, 1.807) is 57.3 Å². The molecule has 0 spiro atoms. The molecule has 1 heterocycles. The molecule has 2 rings (SSSR count). The summed E-state index contributed by atoms with van der Waals surface area (Å²) in [5.41, 5.74) is 5.21. The largest absolute Gasteiger partial charge is 0.469 e. The smallest absolute Gasteiger partial charge is 0.416 e. The van der Waals surface area contributed by atoms with Gasteiger partial charge in [-0.3, -0.25) is 19.3 Å². The molecule has 1 aromatic heterocycles. The van der Waals surface area contributed by atoms with Crippen LogP contribution in [0.3, 0.4) is 0 Å². The van der Waals surface area contributed by atoms with Gasteiger partial charge in [-0.05, 0) is 69.5 Å². The highest BCUT2D eigenvalue weighted by Gasteiger charge is 2.27. The van der Waals surface area contributed by atoms with Crippen molar-refractivity contribution < 1.29 is 38.1 Å². The summed E-state index contributed by atoms with van der Waals surface area (Å²) in [6.45, 7) is 6.52. The van der Waals surface area contributed by atoms with Gasteiger partial charge in [0.25, 0.3) is 0 Å². The van der Waals surface area contributed by atoms with Crippen molar-refractivity contribution >= 4 is 52.9 Å². The Morgan fingerprint density at radius 2 is 1.68 bits per heavy atom. The summed E-state index contributed by atoms with van der Waals surface area (Å²) in [6, 6.07) is 7.91. The normalized spacial score (nSPS) is 12.5. The molecule has 0 aliphatic heterocycles. The molecule has 260 valence electrons. The first-order valence-electron chi connectivity index (χ1n) is 15.2. The van der Waals surface area contributed by atoms with Gasteiger partial charge in [-0.25, -0.2) is 9.78 Å². The van der Waals surface area contributed by atoms with Crippen molar-refractivity contribution in [1.82, 2.24) is 15.6 Å². The lowest BCUT2D eigenvalue weighted by Crippen LogP contribution is -2.50. The second kappa shape index (κ2) is 20.7. The summed E-state index contributed by atoms with van der Waals surface area (Å²) in [5.74, 6) is -1.16. The highest BCUT2D eigenvalue weighted by atomic mass is 35.5. The zero-order chi connectivity index (χ0) is 34.8. The van der Waals surface area contributed by atoms with Crippen LogP contribution in [0.25, 0.3) is 0 Å². The van der Waals surface area contributed by atoms with Gasteiger partial charge in [-0.1, -0.05) is 29.3 Å². The number of rotatable bonds is 19. The maximum absolute atomic E-state index is 13.5. The van der Waals surface area contributed by atoms with E-state index in [1.165, 1.54) is 18.1 Å². The number of anilines is 1. The number of amides is 3. The molecule has 1 unspecified atom stereocenters. The standard InChI is InChI=1S/C32H45Cl2N5O8/c1-32(2,3)47-31(43)39(27-9-5-7-12-36-27)13-8-6-10-28(40)37-26(21-46-16-15-45-14-11-35)30(42)38-25(20-29(41)44-4)22-17-23(33)19-24(34)18-22/h5,7,9,12,17-19,25-26H,6,8,10-11,13-16,20-21,35H2,1-4H3,(H,37,40)(H,38,42)/t25?,26-/m0/s1. The Morgan fingerprint density at radius 3 is 2.30 bits per heavy atom. The average Bonchev–Trinajstić information content (AvgIpc) is 3.00. The number of hydrogen-bond acceptors (Lipinski definition) is 10. The molecule has 4 N–H and O–H groups in total. The summed E-state index contributed by atoms with van der Waals surface area (Å²) < 4.78 is 21.3. The van der Waals surface area contributed by atoms with Gasteiger partial charge in [0, 0.05) is 35.8 Å². The second-order valence-electron chi connectivity index (χ2n) is 11.4. The summed E-state index contributed by atoms with van der Waals surface area (Å²) in [5, 5.41) is 6.13. The fourth-order valence-electron chi connectivity index (χ4n) is 4.19. The van der Waals surface area contributed by atoms with Crippen molar-refractivity contribution in [2.45, 2.75) is 64.1 Å². The van der Waals surface area contributed by atoms with Crippen molar-refractivity contribution in [2.75, 3.05) is 51.5 Å². The Hall–Kier alpha value is -3.49. The number of carbonyl (C=O) groups is 4. The van der Waals surface area contributed by atoms with Gasteiger partial charge in [0.2, 0.25) is 11.8 Å². The first-order valence-corrected chi connectivity index (χ1v) is 16.0. The van der Waals surface area contributed by atoms with E-state index in [-0.39, 0.29) is 39.2 Å². The minimum absolute atomic E-state index is 0.0588. The summed E-state index contributed by atoms with van der Waals surface area (Å²) in [4.78, 5) is 57.3. The predicted octanol–water partition coefficient (Wildman–Crippen LogP) is 4.20. The van der Waals surface area contributed by atoms with Crippen LogP contribution in [0.2, 0.25) is 10.0 Å². The molecule has 2 atom stereocenters. The van der Waals surface area contributed by atoms with E-state index in [0.29, 0.717) is 47.4 Å². The molecule has 3 amide bonds. The van der Waals surface area contributed by atoms with Gasteiger partial charge in [-0.2, -0.15) is 0 Å². The number of aromatic nitrogens is 1. The topological polar surface area (TPSA) is 171 Å². The van der Waals surface area contributed by atoms with Crippen LogP contribution in [0.5, 0.6) is 0 Å². The number of methoxy groups -OCH3 is 1. The van der Waals surface area contributed by atoms with Crippen molar-refractivity contribution in [3.8, 4) is 0 Å². The fourth-order valence-corrected chi connectivity index (χ4v) is 4.73. The van der Waals surface area contributed by atoms with Gasteiger partial charge >= 0.3 is 12.1 Å². The quantitative estimate of drug-likeness (QED) is 0.143. The third-order valence-corrected chi connectivity index (χ3v) is 6.78. The number of esters is 1. The van der Waals surface area contributed by atoms with E-state index in [0.717, 1.165) is 0 Å². The number of nitrogens with one attached hydrogen (secondary N) is 2. The molecular formula is C32H45Cl2N5O8. The molecular weight excluding hydrogens is 653 g/mol. The highest BCUT2D eigenvalue weighted by molar-refractivity contribution is 6.34. The average molecular weight is 699 g/mol. The minimum Gasteiger partial charge on any atom is -0.469 e. The molecule has 1 aromatic carbocycles. The number of halogens is 2. The number of nitrogens with zero attached hydrogens (tertiary/aromatic N) is 2. The van der Waals surface area contributed by atoms with Crippen molar-refractivity contribution in [3.05, 3.63) is 58.2 Å². The van der Waals surface area contributed by atoms with Gasteiger partial charge in [0.1, 0.15) is 17.5 Å². The zero-order valence-corrected chi connectivity index (χ0v) is 28.8. The van der Waals surface area contributed by atoms with Crippen LogP contribution in [0.4, 0.5) is 10.6 Å². The van der Waals surface area contributed by atoms with E-state index >= 15 is 0 Å². The Morgan fingerprint density at radius 1 is 0.979 bits per heavy atom. The molecule has 0 aliphatic rings. The maximum atomic E-state index is 13.5. The van der Waals surface area contributed by atoms with Crippen LogP contribution >= 0.6 is 23.2 Å². The van der Waals surface area contributed by atoms with E-state index in [2.05, 4.69) is 15.6 Å². The third kappa shape index (κ3) is 15.8. The Bertz CT molecular complexity index is 1280. The molecule has 0 aliphatic carbocycles. The predicted molar refractivity (Wildman–Crippen MR) is 178 cm³/mol. The van der Waals surface area contributed by atoms with Crippen molar-refractivity contribution in [3.63, 3.8) is 0 Å². The molecule has 0 saturated heterocycles. The number of unbranched alkanes of at least 4 members (excludes halogenated alkanes) is 1. The number of pyridine rings is 1. The molecule has 0 radical (unpaired) electrons. The van der Waals surface area contributed by atoms with Gasteiger partial charge in [-0.15, -0.1) is 0 Å². The van der Waals surface area contributed by atoms with Crippen LogP contribution in [-0.2, 0) is 33.3 Å². The minimum atomic E-state index is -1.11. The van der Waals surface area contributed by atoms with E-state index in [4.69, 9.17) is 47.9 Å². The van der Waals surface area contributed by atoms with Crippen LogP contribution in [0.15, 0.2) is 42.6 Å². The van der Waals surface area contributed by atoms with E-state index < -0.39 is 41.6 Å². The molecule has 0 fully saturated rings. The zero-order valence-electron chi connectivity index (χ0n) is 27.3. The lowest BCUT2D eigenvalue weighted by Gasteiger charge is -2.26. The van der Waals surface area contributed by atoms with E-state index in [9.17, 15) is 19.2 Å². The number of benzene rings is 1. The maximum Gasteiger partial charge on any atom is 0.416 e. The molecule has 47 heavy (non-hydrogen) atoms. The number of hydrogen-bond donors (Lipinski definition) is 3. The van der Waals surface area contributed by atoms with Crippen LogP contribution in [0, 0.1) is 0 Å². The number of carbonyl (C=O) groups excluding carboxylic acids is 4. The Balaban J connectivity index is 2.09. The SMILES string of the molecule is COC(=O)CC(NC(=O)[C@H](COCCOCCN)NC(=O)CCCCN(C(=O)OC(C)(C)C)c1ccccn1)c1cc(Cl)cc(Cl)c1. The molecule has 15 heteroatoms. The van der Waals surface area contributed by atoms with Crippen molar-refractivity contribution in [2.24, 2.45) is 5.73 Å².